The Morgan fingerprint density at radius 2 is 2.12 bits per heavy atom. The minimum Gasteiger partial charge on any atom is -0.508 e. The highest BCUT2D eigenvalue weighted by molar-refractivity contribution is 5.92. The molecular formula is C12H15NO3. The van der Waals surface area contributed by atoms with E-state index in [0.717, 1.165) is 12.8 Å². The van der Waals surface area contributed by atoms with Gasteiger partial charge in [0.25, 0.3) is 0 Å². The Morgan fingerprint density at radius 3 is 2.81 bits per heavy atom. The summed E-state index contributed by atoms with van der Waals surface area (Å²) in [7, 11) is 0. The van der Waals surface area contributed by atoms with Crippen LogP contribution in [0.1, 0.15) is 12.8 Å². The molecule has 1 fully saturated rings. The summed E-state index contributed by atoms with van der Waals surface area (Å²) in [6.07, 6.45) is 1.54. The van der Waals surface area contributed by atoms with Gasteiger partial charge in [-0.3, -0.25) is 4.79 Å². The minimum atomic E-state index is 0.00824. The number of hydrogen-bond acceptors (Lipinski definition) is 3. The van der Waals surface area contributed by atoms with Crippen molar-refractivity contribution in [1.82, 2.24) is 0 Å². The molecule has 0 atom stereocenters. The Kier molecular flexibility index (Phi) is 3.41. The molecule has 4 heteroatoms. The fourth-order valence-electron chi connectivity index (χ4n) is 1.79. The van der Waals surface area contributed by atoms with Gasteiger partial charge in [0.1, 0.15) is 5.75 Å². The number of amides is 1. The number of hydrogen-bond donors (Lipinski definition) is 2. The van der Waals surface area contributed by atoms with Gasteiger partial charge in [0.2, 0.25) is 5.91 Å². The molecule has 1 amide bonds. The van der Waals surface area contributed by atoms with E-state index < -0.39 is 0 Å². The lowest BCUT2D eigenvalue weighted by atomic mass is 9.99. The number of aromatic hydroxyl groups is 1. The van der Waals surface area contributed by atoms with Crippen LogP contribution in [-0.4, -0.2) is 24.2 Å². The van der Waals surface area contributed by atoms with Gasteiger partial charge in [-0.1, -0.05) is 6.07 Å². The van der Waals surface area contributed by atoms with Gasteiger partial charge in [0, 0.05) is 30.9 Å². The lowest BCUT2D eigenvalue weighted by molar-refractivity contribution is -0.122. The van der Waals surface area contributed by atoms with E-state index in [0.29, 0.717) is 18.9 Å². The van der Waals surface area contributed by atoms with E-state index in [4.69, 9.17) is 4.74 Å². The first-order valence-electron chi connectivity index (χ1n) is 5.43. The molecule has 2 N–H and O–H groups in total. The van der Waals surface area contributed by atoms with Crippen LogP contribution >= 0.6 is 0 Å². The highest BCUT2D eigenvalue weighted by atomic mass is 16.5. The van der Waals surface area contributed by atoms with E-state index >= 15 is 0 Å². The first-order valence-corrected chi connectivity index (χ1v) is 5.43. The summed E-state index contributed by atoms with van der Waals surface area (Å²) in [6.45, 7) is 1.30. The molecular weight excluding hydrogens is 206 g/mol. The van der Waals surface area contributed by atoms with Crippen LogP contribution in [0.2, 0.25) is 0 Å². The molecule has 0 unspecified atom stereocenters. The first kappa shape index (κ1) is 11.0. The Labute approximate surface area is 94.2 Å². The average Bonchev–Trinajstić information content (AvgIpc) is 2.30. The first-order chi connectivity index (χ1) is 7.75. The molecule has 0 aromatic heterocycles. The zero-order chi connectivity index (χ0) is 11.4. The molecule has 1 aromatic carbocycles. The monoisotopic (exact) mass is 221 g/mol. The van der Waals surface area contributed by atoms with Crippen LogP contribution in [0.5, 0.6) is 5.75 Å². The van der Waals surface area contributed by atoms with Gasteiger partial charge >= 0.3 is 0 Å². The summed E-state index contributed by atoms with van der Waals surface area (Å²) in [5.74, 6) is 0.190. The lowest BCUT2D eigenvalue weighted by Gasteiger charge is -2.21. The Morgan fingerprint density at radius 1 is 1.38 bits per heavy atom. The Bertz CT molecular complexity index is 372. The summed E-state index contributed by atoms with van der Waals surface area (Å²) in [5, 5.41) is 12.1. The number of anilines is 1. The smallest absolute Gasteiger partial charge is 0.227 e. The van der Waals surface area contributed by atoms with Crippen molar-refractivity contribution in [3.63, 3.8) is 0 Å². The second-order valence-electron chi connectivity index (χ2n) is 3.93. The molecule has 4 nitrogen and oxygen atoms in total. The van der Waals surface area contributed by atoms with Gasteiger partial charge in [-0.05, 0) is 25.0 Å². The highest BCUT2D eigenvalue weighted by Crippen LogP contribution is 2.19. The van der Waals surface area contributed by atoms with Crippen LogP contribution < -0.4 is 5.32 Å². The second-order valence-corrected chi connectivity index (χ2v) is 3.93. The molecule has 1 saturated heterocycles. The number of nitrogens with one attached hydrogen (secondary N) is 1. The molecule has 0 bridgehead atoms. The maximum absolute atomic E-state index is 11.8. The predicted octanol–water partition coefficient (Wildman–Crippen LogP) is 1.76. The number of phenols is 1. The Hall–Kier alpha value is -1.55. The number of carbonyl (C=O) groups excluding carboxylic acids is 1. The van der Waals surface area contributed by atoms with E-state index in [-0.39, 0.29) is 17.6 Å². The third kappa shape index (κ3) is 2.73. The normalized spacial score (nSPS) is 17.0. The van der Waals surface area contributed by atoms with Crippen LogP contribution in [0.15, 0.2) is 24.3 Å². The van der Waals surface area contributed by atoms with Crippen molar-refractivity contribution < 1.29 is 14.6 Å². The standard InChI is InChI=1S/C12H15NO3/c14-11-3-1-2-10(8-11)13-12(15)9-4-6-16-7-5-9/h1-3,8-9,14H,4-7H2,(H,13,15). The average molecular weight is 221 g/mol. The molecule has 16 heavy (non-hydrogen) atoms. The topological polar surface area (TPSA) is 58.6 Å². The van der Waals surface area contributed by atoms with Crippen molar-refractivity contribution in [2.24, 2.45) is 5.92 Å². The predicted molar refractivity (Wildman–Crippen MR) is 60.3 cm³/mol. The van der Waals surface area contributed by atoms with E-state index in [1.165, 1.54) is 6.07 Å². The number of carbonyl (C=O) groups is 1. The largest absolute Gasteiger partial charge is 0.508 e. The lowest BCUT2D eigenvalue weighted by Crippen LogP contribution is -2.28. The van der Waals surface area contributed by atoms with Gasteiger partial charge in [0.15, 0.2) is 0 Å². The maximum atomic E-state index is 11.8. The minimum absolute atomic E-state index is 0.00824. The van der Waals surface area contributed by atoms with Crippen molar-refractivity contribution in [3.8, 4) is 5.75 Å². The summed E-state index contributed by atoms with van der Waals surface area (Å²) < 4.78 is 5.20. The van der Waals surface area contributed by atoms with Crippen molar-refractivity contribution in [3.05, 3.63) is 24.3 Å². The molecule has 1 aromatic rings. The van der Waals surface area contributed by atoms with Crippen molar-refractivity contribution in [1.29, 1.82) is 0 Å². The van der Waals surface area contributed by atoms with Crippen LogP contribution in [0, 0.1) is 5.92 Å². The second kappa shape index (κ2) is 4.99. The summed E-state index contributed by atoms with van der Waals surface area (Å²) in [4.78, 5) is 11.8. The maximum Gasteiger partial charge on any atom is 0.227 e. The number of rotatable bonds is 2. The summed E-state index contributed by atoms with van der Waals surface area (Å²) in [5.41, 5.74) is 0.636. The number of phenolic OH excluding ortho intramolecular Hbond substituents is 1. The van der Waals surface area contributed by atoms with Gasteiger partial charge in [0.05, 0.1) is 0 Å². The van der Waals surface area contributed by atoms with Crippen LogP contribution in [-0.2, 0) is 9.53 Å². The summed E-state index contributed by atoms with van der Waals surface area (Å²) in [6, 6.07) is 6.58. The Balaban J connectivity index is 1.96. The molecule has 0 radical (unpaired) electrons. The fourth-order valence-corrected chi connectivity index (χ4v) is 1.79. The van der Waals surface area contributed by atoms with E-state index in [2.05, 4.69) is 5.32 Å². The van der Waals surface area contributed by atoms with Crippen LogP contribution in [0.3, 0.4) is 0 Å². The quantitative estimate of drug-likeness (QED) is 0.800. The van der Waals surface area contributed by atoms with Crippen molar-refractivity contribution in [2.45, 2.75) is 12.8 Å². The van der Waals surface area contributed by atoms with Crippen LogP contribution in [0.25, 0.3) is 0 Å². The van der Waals surface area contributed by atoms with Gasteiger partial charge in [-0.25, -0.2) is 0 Å². The zero-order valence-corrected chi connectivity index (χ0v) is 8.98. The number of benzene rings is 1. The van der Waals surface area contributed by atoms with E-state index in [1.807, 2.05) is 0 Å². The molecule has 86 valence electrons. The molecule has 1 aliphatic heterocycles. The molecule has 0 spiro atoms. The zero-order valence-electron chi connectivity index (χ0n) is 8.98. The van der Waals surface area contributed by atoms with E-state index in [1.54, 1.807) is 18.2 Å². The molecule has 2 rings (SSSR count). The SMILES string of the molecule is O=C(Nc1cccc(O)c1)C1CCOCC1. The van der Waals surface area contributed by atoms with E-state index in [9.17, 15) is 9.90 Å². The highest BCUT2D eigenvalue weighted by Gasteiger charge is 2.21. The van der Waals surface area contributed by atoms with Gasteiger partial charge < -0.3 is 15.2 Å². The van der Waals surface area contributed by atoms with Gasteiger partial charge in [-0.2, -0.15) is 0 Å². The summed E-state index contributed by atoms with van der Waals surface area (Å²) >= 11 is 0. The molecule has 1 heterocycles. The van der Waals surface area contributed by atoms with Crippen molar-refractivity contribution >= 4 is 11.6 Å². The fraction of sp³-hybridized carbons (Fsp3) is 0.417. The third-order valence-corrected chi connectivity index (χ3v) is 2.71. The molecule has 0 aliphatic carbocycles. The molecule has 0 saturated carbocycles. The van der Waals surface area contributed by atoms with Crippen molar-refractivity contribution in [2.75, 3.05) is 18.5 Å². The number of ether oxygens (including phenoxy) is 1. The van der Waals surface area contributed by atoms with Crippen LogP contribution in [0.4, 0.5) is 5.69 Å². The molecule has 1 aliphatic rings. The third-order valence-electron chi connectivity index (χ3n) is 2.71. The van der Waals surface area contributed by atoms with Gasteiger partial charge in [-0.15, -0.1) is 0 Å².